The molecule has 2 aromatic rings. The van der Waals surface area contributed by atoms with Gasteiger partial charge < -0.3 is 15.2 Å². The number of ether oxygens (including phenoxy) is 2. The maximum absolute atomic E-state index is 13.5. The fraction of sp³-hybridized carbons (Fsp3) is 0.267. The second kappa shape index (κ2) is 6.39. The summed E-state index contributed by atoms with van der Waals surface area (Å²) >= 11 is 0. The van der Waals surface area contributed by atoms with Crippen LogP contribution in [0.3, 0.4) is 0 Å². The molecule has 0 spiro atoms. The standard InChI is InChI=1S/C15H16F2N2O2/c1-9(2)8-20-15-11(18)6-7-13(19-15)21-12-5-3-4-10(16)14(12)17/h3-7,9H,8,18H2,1-2H3. The molecule has 1 aromatic carbocycles. The molecule has 112 valence electrons. The van der Waals surface area contributed by atoms with Crippen molar-refractivity contribution in [2.45, 2.75) is 13.8 Å². The molecule has 1 aromatic heterocycles. The van der Waals surface area contributed by atoms with Gasteiger partial charge in [-0.25, -0.2) is 4.39 Å². The quantitative estimate of drug-likeness (QED) is 0.912. The highest BCUT2D eigenvalue weighted by Gasteiger charge is 2.12. The summed E-state index contributed by atoms with van der Waals surface area (Å²) in [7, 11) is 0. The third kappa shape index (κ3) is 3.81. The minimum atomic E-state index is -1.07. The Bertz CT molecular complexity index is 633. The Morgan fingerprint density at radius 1 is 1.19 bits per heavy atom. The molecule has 0 aliphatic carbocycles. The smallest absolute Gasteiger partial charge is 0.240 e. The van der Waals surface area contributed by atoms with Gasteiger partial charge in [0, 0.05) is 6.07 Å². The monoisotopic (exact) mass is 294 g/mol. The maximum atomic E-state index is 13.5. The van der Waals surface area contributed by atoms with Crippen molar-refractivity contribution in [1.29, 1.82) is 0 Å². The molecule has 0 fully saturated rings. The lowest BCUT2D eigenvalue weighted by atomic mass is 10.2. The van der Waals surface area contributed by atoms with Crippen LogP contribution in [0.4, 0.5) is 14.5 Å². The molecular weight excluding hydrogens is 278 g/mol. The van der Waals surface area contributed by atoms with Crippen molar-refractivity contribution in [2.75, 3.05) is 12.3 Å². The first kappa shape index (κ1) is 15.0. The summed E-state index contributed by atoms with van der Waals surface area (Å²) in [5.41, 5.74) is 6.10. The van der Waals surface area contributed by atoms with Crippen LogP contribution in [-0.4, -0.2) is 11.6 Å². The number of pyridine rings is 1. The van der Waals surface area contributed by atoms with Gasteiger partial charge >= 0.3 is 0 Å². The number of anilines is 1. The maximum Gasteiger partial charge on any atom is 0.240 e. The zero-order valence-corrected chi connectivity index (χ0v) is 11.8. The van der Waals surface area contributed by atoms with Gasteiger partial charge in [0.1, 0.15) is 0 Å². The lowest BCUT2D eigenvalue weighted by Crippen LogP contribution is -2.08. The lowest BCUT2D eigenvalue weighted by molar-refractivity contribution is 0.260. The lowest BCUT2D eigenvalue weighted by Gasteiger charge is -2.12. The summed E-state index contributed by atoms with van der Waals surface area (Å²) in [6.45, 7) is 4.41. The SMILES string of the molecule is CC(C)COc1nc(Oc2cccc(F)c2F)ccc1N. The molecule has 4 nitrogen and oxygen atoms in total. The number of benzene rings is 1. The van der Waals surface area contributed by atoms with E-state index in [0.717, 1.165) is 6.07 Å². The van der Waals surface area contributed by atoms with E-state index in [-0.39, 0.29) is 17.5 Å². The van der Waals surface area contributed by atoms with Gasteiger partial charge in [0.15, 0.2) is 11.6 Å². The molecule has 0 bridgehead atoms. The summed E-state index contributed by atoms with van der Waals surface area (Å²) in [6.07, 6.45) is 0. The molecule has 0 amide bonds. The number of halogens is 2. The first-order valence-corrected chi connectivity index (χ1v) is 6.48. The largest absolute Gasteiger partial charge is 0.476 e. The van der Waals surface area contributed by atoms with E-state index in [2.05, 4.69) is 4.98 Å². The van der Waals surface area contributed by atoms with Gasteiger partial charge in [-0.2, -0.15) is 9.37 Å². The van der Waals surface area contributed by atoms with E-state index in [1.807, 2.05) is 13.8 Å². The topological polar surface area (TPSA) is 57.4 Å². The summed E-state index contributed by atoms with van der Waals surface area (Å²) in [4.78, 5) is 4.05. The van der Waals surface area contributed by atoms with Gasteiger partial charge in [0.25, 0.3) is 0 Å². The number of nitrogens with two attached hydrogens (primary N) is 1. The fourth-order valence-electron chi connectivity index (χ4n) is 1.53. The van der Waals surface area contributed by atoms with E-state index in [0.29, 0.717) is 18.2 Å². The predicted molar refractivity (Wildman–Crippen MR) is 75.4 cm³/mol. The molecule has 21 heavy (non-hydrogen) atoms. The minimum absolute atomic E-state index is 0.0763. The van der Waals surface area contributed by atoms with Crippen LogP contribution in [0.25, 0.3) is 0 Å². The zero-order chi connectivity index (χ0) is 15.4. The van der Waals surface area contributed by atoms with E-state index >= 15 is 0 Å². The number of rotatable bonds is 5. The Morgan fingerprint density at radius 3 is 2.67 bits per heavy atom. The van der Waals surface area contributed by atoms with Gasteiger partial charge in [-0.15, -0.1) is 0 Å². The van der Waals surface area contributed by atoms with E-state index in [1.54, 1.807) is 0 Å². The molecular formula is C15H16F2N2O2. The predicted octanol–water partition coefficient (Wildman–Crippen LogP) is 3.77. The number of nitrogen functional groups attached to an aromatic ring is 1. The molecule has 0 saturated heterocycles. The van der Waals surface area contributed by atoms with Crippen LogP contribution in [0, 0.1) is 17.6 Å². The van der Waals surface area contributed by atoms with Crippen molar-refractivity contribution < 1.29 is 18.3 Å². The van der Waals surface area contributed by atoms with Crippen LogP contribution in [0.15, 0.2) is 30.3 Å². The summed E-state index contributed by atoms with van der Waals surface area (Å²) < 4.78 is 37.3. The average molecular weight is 294 g/mol. The van der Waals surface area contributed by atoms with Crippen molar-refractivity contribution in [3.8, 4) is 17.5 Å². The van der Waals surface area contributed by atoms with Gasteiger partial charge in [-0.1, -0.05) is 19.9 Å². The van der Waals surface area contributed by atoms with Crippen LogP contribution >= 0.6 is 0 Å². The van der Waals surface area contributed by atoms with Crippen molar-refractivity contribution in [3.63, 3.8) is 0 Å². The van der Waals surface area contributed by atoms with Crippen LogP contribution in [0.2, 0.25) is 0 Å². The first-order valence-electron chi connectivity index (χ1n) is 6.48. The summed E-state index contributed by atoms with van der Waals surface area (Å²) in [5, 5.41) is 0. The van der Waals surface area contributed by atoms with E-state index < -0.39 is 11.6 Å². The highest BCUT2D eigenvalue weighted by atomic mass is 19.2. The Morgan fingerprint density at radius 2 is 1.95 bits per heavy atom. The first-order chi connectivity index (χ1) is 9.97. The van der Waals surface area contributed by atoms with Gasteiger partial charge in [0.05, 0.1) is 12.3 Å². The van der Waals surface area contributed by atoms with Crippen LogP contribution in [0.5, 0.6) is 17.5 Å². The summed E-state index contributed by atoms with van der Waals surface area (Å²) in [5.74, 6) is -1.72. The van der Waals surface area contributed by atoms with Crippen molar-refractivity contribution >= 4 is 5.69 Å². The summed E-state index contributed by atoms with van der Waals surface area (Å²) in [6, 6.07) is 6.67. The van der Waals surface area contributed by atoms with Crippen molar-refractivity contribution in [1.82, 2.24) is 4.98 Å². The molecule has 1 heterocycles. The molecule has 0 radical (unpaired) electrons. The molecule has 2 rings (SSSR count). The molecule has 0 aliphatic heterocycles. The van der Waals surface area contributed by atoms with Crippen LogP contribution in [-0.2, 0) is 0 Å². The third-order valence-electron chi connectivity index (χ3n) is 2.55. The number of nitrogens with zero attached hydrogens (tertiary/aromatic N) is 1. The zero-order valence-electron chi connectivity index (χ0n) is 11.8. The van der Waals surface area contributed by atoms with E-state index in [4.69, 9.17) is 15.2 Å². The van der Waals surface area contributed by atoms with Crippen LogP contribution in [0.1, 0.15) is 13.8 Å². The normalized spacial score (nSPS) is 10.7. The number of hydrogen-bond acceptors (Lipinski definition) is 4. The Balaban J connectivity index is 2.20. The highest BCUT2D eigenvalue weighted by Crippen LogP contribution is 2.28. The minimum Gasteiger partial charge on any atom is -0.476 e. The van der Waals surface area contributed by atoms with Gasteiger partial charge in [0.2, 0.25) is 17.6 Å². The molecule has 0 saturated carbocycles. The molecule has 0 unspecified atom stereocenters. The molecule has 0 atom stereocenters. The average Bonchev–Trinajstić information content (AvgIpc) is 2.44. The molecule has 6 heteroatoms. The molecule has 2 N–H and O–H groups in total. The van der Waals surface area contributed by atoms with Crippen molar-refractivity contribution in [2.24, 2.45) is 5.92 Å². The number of aromatic nitrogens is 1. The van der Waals surface area contributed by atoms with Crippen molar-refractivity contribution in [3.05, 3.63) is 42.0 Å². The van der Waals surface area contributed by atoms with Gasteiger partial charge in [-0.05, 0) is 24.1 Å². The Labute approximate surface area is 121 Å². The second-order valence-electron chi connectivity index (χ2n) is 4.90. The third-order valence-corrected chi connectivity index (χ3v) is 2.55. The second-order valence-corrected chi connectivity index (χ2v) is 4.90. The van der Waals surface area contributed by atoms with Gasteiger partial charge in [-0.3, -0.25) is 0 Å². The number of hydrogen-bond donors (Lipinski definition) is 1. The van der Waals surface area contributed by atoms with E-state index in [9.17, 15) is 8.78 Å². The highest BCUT2D eigenvalue weighted by molar-refractivity contribution is 5.49. The Hall–Kier alpha value is -2.37. The van der Waals surface area contributed by atoms with E-state index in [1.165, 1.54) is 24.3 Å². The Kier molecular flexibility index (Phi) is 4.57. The molecule has 0 aliphatic rings. The fourth-order valence-corrected chi connectivity index (χ4v) is 1.53. The van der Waals surface area contributed by atoms with Crippen LogP contribution < -0.4 is 15.2 Å².